The fraction of sp³-hybridized carbons (Fsp3) is 0.385. The van der Waals surface area contributed by atoms with E-state index in [2.05, 4.69) is 5.32 Å². The van der Waals surface area contributed by atoms with Gasteiger partial charge in [0.1, 0.15) is 0 Å². The summed E-state index contributed by atoms with van der Waals surface area (Å²) in [4.78, 5) is 23.1. The predicted octanol–water partition coefficient (Wildman–Crippen LogP) is 0.101. The maximum atomic E-state index is 11.7. The average molecular weight is 313 g/mol. The van der Waals surface area contributed by atoms with Gasteiger partial charge in [-0.05, 0) is 24.3 Å². The molecule has 0 unspecified atom stereocenters. The van der Waals surface area contributed by atoms with Crippen LogP contribution in [0.3, 0.4) is 0 Å². The van der Waals surface area contributed by atoms with Gasteiger partial charge >= 0.3 is 0 Å². The molecule has 0 spiro atoms. The van der Waals surface area contributed by atoms with Gasteiger partial charge in [-0.2, -0.15) is 0 Å². The molecule has 0 aliphatic heterocycles. The summed E-state index contributed by atoms with van der Waals surface area (Å²) in [7, 11) is -3.74. The number of carbonyl (C=O) groups is 2. The first kappa shape index (κ1) is 17.0. The molecular formula is C13H19N3O4S. The summed E-state index contributed by atoms with van der Waals surface area (Å²) in [6.07, 6.45) is 0. The Hall–Kier alpha value is -2.09. The quantitative estimate of drug-likeness (QED) is 0.644. The Kier molecular flexibility index (Phi) is 5.71. The zero-order valence-corrected chi connectivity index (χ0v) is 12.7. The first-order valence-electron chi connectivity index (χ1n) is 6.39. The Balaban J connectivity index is 2.47. The summed E-state index contributed by atoms with van der Waals surface area (Å²) in [5.41, 5.74) is 6.42. The Morgan fingerprint density at radius 1 is 1.19 bits per heavy atom. The van der Waals surface area contributed by atoms with Crippen LogP contribution in [0.5, 0.6) is 0 Å². The molecule has 0 atom stereocenters. The zero-order chi connectivity index (χ0) is 16.0. The van der Waals surface area contributed by atoms with Gasteiger partial charge in [0, 0.05) is 23.7 Å². The van der Waals surface area contributed by atoms with E-state index in [0.717, 1.165) is 0 Å². The second kappa shape index (κ2) is 7.07. The monoisotopic (exact) mass is 313 g/mol. The largest absolute Gasteiger partial charge is 0.399 e. The first-order chi connectivity index (χ1) is 9.71. The fourth-order valence-electron chi connectivity index (χ4n) is 1.36. The number of hydrogen-bond acceptors (Lipinski definition) is 5. The average Bonchev–Trinajstić information content (AvgIpc) is 2.38. The molecule has 0 fully saturated rings. The number of nitrogen functional groups attached to an aromatic ring is 1. The number of hydrogen-bond donors (Lipinski definition) is 3. The van der Waals surface area contributed by atoms with Gasteiger partial charge in [0.25, 0.3) is 5.91 Å². The van der Waals surface area contributed by atoms with Gasteiger partial charge in [0.2, 0.25) is 15.9 Å². The van der Waals surface area contributed by atoms with Crippen molar-refractivity contribution in [1.82, 2.24) is 10.0 Å². The van der Waals surface area contributed by atoms with E-state index in [1.807, 2.05) is 4.72 Å². The summed E-state index contributed by atoms with van der Waals surface area (Å²) in [6, 6.07) is 6.24. The minimum absolute atomic E-state index is 0.0933. The molecule has 2 amide bonds. The molecule has 1 rings (SSSR count). The summed E-state index contributed by atoms with van der Waals surface area (Å²) < 4.78 is 25.2. The number of sulfonamides is 1. The van der Waals surface area contributed by atoms with Crippen molar-refractivity contribution in [2.24, 2.45) is 5.92 Å². The number of anilines is 1. The predicted molar refractivity (Wildman–Crippen MR) is 80.0 cm³/mol. The van der Waals surface area contributed by atoms with E-state index in [0.29, 0.717) is 11.3 Å². The van der Waals surface area contributed by atoms with E-state index in [1.165, 1.54) is 0 Å². The van der Waals surface area contributed by atoms with Crippen LogP contribution in [-0.4, -0.2) is 32.5 Å². The molecule has 0 saturated heterocycles. The van der Waals surface area contributed by atoms with Crippen molar-refractivity contribution < 1.29 is 18.0 Å². The molecule has 1 aromatic carbocycles. The SMILES string of the molecule is CC(C)C(=O)NS(=O)(=O)CCNC(=O)c1ccc(N)cc1. The van der Waals surface area contributed by atoms with Crippen molar-refractivity contribution in [2.75, 3.05) is 18.0 Å². The lowest BCUT2D eigenvalue weighted by Gasteiger charge is -2.09. The number of nitrogens with one attached hydrogen (secondary N) is 2. The molecule has 0 aliphatic carbocycles. The highest BCUT2D eigenvalue weighted by molar-refractivity contribution is 7.90. The molecular weight excluding hydrogens is 294 g/mol. The molecule has 0 saturated carbocycles. The van der Waals surface area contributed by atoms with Crippen LogP contribution in [0.25, 0.3) is 0 Å². The van der Waals surface area contributed by atoms with E-state index < -0.39 is 27.8 Å². The van der Waals surface area contributed by atoms with Gasteiger partial charge in [-0.25, -0.2) is 8.42 Å². The van der Waals surface area contributed by atoms with E-state index in [1.54, 1.807) is 38.1 Å². The lowest BCUT2D eigenvalue weighted by atomic mass is 10.2. The maximum Gasteiger partial charge on any atom is 0.251 e. The summed E-state index contributed by atoms with van der Waals surface area (Å²) in [5.74, 6) is -1.77. The van der Waals surface area contributed by atoms with Crippen LogP contribution >= 0.6 is 0 Å². The number of benzene rings is 1. The van der Waals surface area contributed by atoms with Gasteiger partial charge in [-0.3, -0.25) is 14.3 Å². The van der Waals surface area contributed by atoms with Gasteiger partial charge < -0.3 is 11.1 Å². The Bertz CT molecular complexity index is 609. The summed E-state index contributed by atoms with van der Waals surface area (Å²) in [5, 5.41) is 2.47. The zero-order valence-electron chi connectivity index (χ0n) is 11.9. The van der Waals surface area contributed by atoms with Crippen molar-refractivity contribution in [1.29, 1.82) is 0 Å². The molecule has 0 aromatic heterocycles. The molecule has 7 nitrogen and oxygen atoms in total. The highest BCUT2D eigenvalue weighted by Gasteiger charge is 2.17. The van der Waals surface area contributed by atoms with Crippen molar-refractivity contribution in [2.45, 2.75) is 13.8 Å². The van der Waals surface area contributed by atoms with E-state index in [9.17, 15) is 18.0 Å². The fourth-order valence-corrected chi connectivity index (χ4v) is 2.37. The van der Waals surface area contributed by atoms with Gasteiger partial charge in [-0.15, -0.1) is 0 Å². The second-order valence-corrected chi connectivity index (χ2v) is 6.66. The molecule has 0 bridgehead atoms. The molecule has 0 heterocycles. The highest BCUT2D eigenvalue weighted by Crippen LogP contribution is 2.04. The van der Waals surface area contributed by atoms with Crippen LogP contribution in [0.15, 0.2) is 24.3 Å². The molecule has 21 heavy (non-hydrogen) atoms. The molecule has 0 aliphatic rings. The van der Waals surface area contributed by atoms with Crippen molar-refractivity contribution in [3.8, 4) is 0 Å². The van der Waals surface area contributed by atoms with E-state index in [4.69, 9.17) is 5.73 Å². The lowest BCUT2D eigenvalue weighted by Crippen LogP contribution is -2.39. The van der Waals surface area contributed by atoms with Crippen LogP contribution in [0.2, 0.25) is 0 Å². The first-order valence-corrected chi connectivity index (χ1v) is 8.04. The molecule has 4 N–H and O–H groups in total. The number of amides is 2. The summed E-state index contributed by atoms with van der Waals surface area (Å²) >= 11 is 0. The lowest BCUT2D eigenvalue weighted by molar-refractivity contribution is -0.122. The Labute approximate surface area is 124 Å². The van der Waals surface area contributed by atoms with Crippen molar-refractivity contribution in [3.05, 3.63) is 29.8 Å². The third-order valence-corrected chi connectivity index (χ3v) is 3.86. The second-order valence-electron chi connectivity index (χ2n) is 4.82. The Morgan fingerprint density at radius 3 is 2.29 bits per heavy atom. The third kappa shape index (κ3) is 5.82. The van der Waals surface area contributed by atoms with Crippen LogP contribution in [0.1, 0.15) is 24.2 Å². The smallest absolute Gasteiger partial charge is 0.251 e. The molecule has 8 heteroatoms. The minimum Gasteiger partial charge on any atom is -0.399 e. The van der Waals surface area contributed by atoms with Crippen molar-refractivity contribution in [3.63, 3.8) is 0 Å². The van der Waals surface area contributed by atoms with Crippen LogP contribution < -0.4 is 15.8 Å². The maximum absolute atomic E-state index is 11.7. The third-order valence-electron chi connectivity index (χ3n) is 2.61. The number of nitrogens with two attached hydrogens (primary N) is 1. The summed E-state index contributed by atoms with van der Waals surface area (Å²) in [6.45, 7) is 3.09. The molecule has 0 radical (unpaired) electrons. The minimum atomic E-state index is -3.74. The van der Waals surface area contributed by atoms with E-state index in [-0.39, 0.29) is 12.3 Å². The van der Waals surface area contributed by atoms with Crippen LogP contribution in [0, 0.1) is 5.92 Å². The number of rotatable bonds is 6. The Morgan fingerprint density at radius 2 is 1.76 bits per heavy atom. The number of carbonyl (C=O) groups excluding carboxylic acids is 2. The van der Waals surface area contributed by atoms with E-state index >= 15 is 0 Å². The van der Waals surface area contributed by atoms with Gasteiger partial charge in [-0.1, -0.05) is 13.8 Å². The molecule has 1 aromatic rings. The normalized spacial score (nSPS) is 11.2. The van der Waals surface area contributed by atoms with Crippen molar-refractivity contribution >= 4 is 27.5 Å². The molecule has 116 valence electrons. The topological polar surface area (TPSA) is 118 Å². The highest BCUT2D eigenvalue weighted by atomic mass is 32.2. The van der Waals surface area contributed by atoms with Crippen LogP contribution in [0.4, 0.5) is 5.69 Å². The van der Waals surface area contributed by atoms with Gasteiger partial charge in [0.15, 0.2) is 0 Å². The van der Waals surface area contributed by atoms with Gasteiger partial charge in [0.05, 0.1) is 5.75 Å². The van der Waals surface area contributed by atoms with Crippen LogP contribution in [-0.2, 0) is 14.8 Å². The standard InChI is InChI=1S/C13H19N3O4S/c1-9(2)12(17)16-21(19,20)8-7-15-13(18)10-3-5-11(14)6-4-10/h3-6,9H,7-8,14H2,1-2H3,(H,15,18)(H,16,17).